The van der Waals surface area contributed by atoms with Crippen molar-refractivity contribution in [3.8, 4) is 0 Å². The van der Waals surface area contributed by atoms with E-state index in [1.165, 1.54) is 12.1 Å². The zero-order valence-electron chi connectivity index (χ0n) is 11.8. The normalized spacial score (nSPS) is 17.9. The maximum atomic E-state index is 12.8. The SMILES string of the molecule is C=CCCC(=O)N[C@H]1CC(=O)N(Cc2ccc(F)cc2)C1. The van der Waals surface area contributed by atoms with Crippen LogP contribution in [0.1, 0.15) is 24.8 Å². The summed E-state index contributed by atoms with van der Waals surface area (Å²) in [6.07, 6.45) is 3.04. The Bertz CT molecular complexity index is 528. The van der Waals surface area contributed by atoms with E-state index in [2.05, 4.69) is 11.9 Å². The molecule has 0 saturated carbocycles. The van der Waals surface area contributed by atoms with Crippen LogP contribution in [0.4, 0.5) is 4.39 Å². The highest BCUT2D eigenvalue weighted by molar-refractivity contribution is 5.82. The molecule has 0 unspecified atom stereocenters. The number of carbonyl (C=O) groups excluding carboxylic acids is 2. The number of rotatable bonds is 6. The van der Waals surface area contributed by atoms with Crippen molar-refractivity contribution >= 4 is 11.8 Å². The van der Waals surface area contributed by atoms with Crippen molar-refractivity contribution in [2.24, 2.45) is 0 Å². The van der Waals surface area contributed by atoms with Crippen LogP contribution in [0.25, 0.3) is 0 Å². The minimum Gasteiger partial charge on any atom is -0.351 e. The first-order valence-electron chi connectivity index (χ1n) is 7.01. The first kappa shape index (κ1) is 15.2. The number of amides is 2. The molecule has 1 aromatic rings. The fraction of sp³-hybridized carbons (Fsp3) is 0.375. The average Bonchev–Trinajstić information content (AvgIpc) is 2.79. The predicted octanol–water partition coefficient (Wildman–Crippen LogP) is 2.01. The van der Waals surface area contributed by atoms with Crippen LogP contribution in [0, 0.1) is 5.82 Å². The molecule has 1 aliphatic heterocycles. The molecule has 1 aromatic carbocycles. The van der Waals surface area contributed by atoms with Gasteiger partial charge >= 0.3 is 0 Å². The van der Waals surface area contributed by atoms with E-state index in [-0.39, 0.29) is 23.7 Å². The maximum absolute atomic E-state index is 12.8. The zero-order valence-corrected chi connectivity index (χ0v) is 11.8. The second-order valence-electron chi connectivity index (χ2n) is 5.20. The molecule has 112 valence electrons. The Morgan fingerprint density at radius 1 is 1.43 bits per heavy atom. The van der Waals surface area contributed by atoms with Gasteiger partial charge in [0.15, 0.2) is 0 Å². The summed E-state index contributed by atoms with van der Waals surface area (Å²) in [6, 6.07) is 5.95. The molecule has 5 heteroatoms. The summed E-state index contributed by atoms with van der Waals surface area (Å²) in [7, 11) is 0. The lowest BCUT2D eigenvalue weighted by atomic mass is 10.2. The highest BCUT2D eigenvalue weighted by atomic mass is 19.1. The lowest BCUT2D eigenvalue weighted by molar-refractivity contribution is -0.128. The van der Waals surface area contributed by atoms with E-state index in [1.54, 1.807) is 23.1 Å². The van der Waals surface area contributed by atoms with Gasteiger partial charge in [-0.1, -0.05) is 18.2 Å². The van der Waals surface area contributed by atoms with Crippen molar-refractivity contribution in [2.75, 3.05) is 6.54 Å². The minimum absolute atomic E-state index is 0.00773. The van der Waals surface area contributed by atoms with Crippen LogP contribution < -0.4 is 5.32 Å². The minimum atomic E-state index is -0.293. The van der Waals surface area contributed by atoms with Crippen LogP contribution in [0.2, 0.25) is 0 Å². The van der Waals surface area contributed by atoms with Crippen molar-refractivity contribution in [3.05, 3.63) is 48.3 Å². The number of nitrogens with one attached hydrogen (secondary N) is 1. The van der Waals surface area contributed by atoms with Crippen LogP contribution in [-0.2, 0) is 16.1 Å². The molecule has 0 radical (unpaired) electrons. The lowest BCUT2D eigenvalue weighted by Gasteiger charge is -2.17. The first-order valence-corrected chi connectivity index (χ1v) is 7.01. The second-order valence-corrected chi connectivity index (χ2v) is 5.20. The van der Waals surface area contributed by atoms with Crippen molar-refractivity contribution in [3.63, 3.8) is 0 Å². The standard InChI is InChI=1S/C16H19FN2O2/c1-2-3-4-15(20)18-14-9-16(21)19(11-14)10-12-5-7-13(17)8-6-12/h2,5-8,14H,1,3-4,9-11H2,(H,18,20)/t14-/m0/s1. The molecule has 0 spiro atoms. The smallest absolute Gasteiger partial charge is 0.225 e. The number of halogens is 1. The second kappa shape index (κ2) is 7.02. The van der Waals surface area contributed by atoms with Crippen LogP contribution in [0.5, 0.6) is 0 Å². The van der Waals surface area contributed by atoms with Crippen LogP contribution in [0.3, 0.4) is 0 Å². The van der Waals surface area contributed by atoms with Gasteiger partial charge in [0.05, 0.1) is 6.04 Å². The van der Waals surface area contributed by atoms with Crippen molar-refractivity contribution < 1.29 is 14.0 Å². The molecule has 4 nitrogen and oxygen atoms in total. The van der Waals surface area contributed by atoms with Gasteiger partial charge in [-0.25, -0.2) is 4.39 Å². The van der Waals surface area contributed by atoms with Gasteiger partial charge in [0.1, 0.15) is 5.82 Å². The van der Waals surface area contributed by atoms with Gasteiger partial charge in [-0.2, -0.15) is 0 Å². The van der Waals surface area contributed by atoms with Crippen LogP contribution in [0.15, 0.2) is 36.9 Å². The predicted molar refractivity (Wildman–Crippen MR) is 77.8 cm³/mol. The Morgan fingerprint density at radius 3 is 2.81 bits per heavy atom. The number of hydrogen-bond acceptors (Lipinski definition) is 2. The van der Waals surface area contributed by atoms with Gasteiger partial charge in [-0.3, -0.25) is 9.59 Å². The summed E-state index contributed by atoms with van der Waals surface area (Å²) in [6.45, 7) is 4.51. The molecule has 0 aliphatic carbocycles. The molecule has 2 amide bonds. The Kier molecular flexibility index (Phi) is 5.09. The third-order valence-electron chi connectivity index (χ3n) is 3.44. The zero-order chi connectivity index (χ0) is 15.2. The van der Waals surface area contributed by atoms with Crippen LogP contribution >= 0.6 is 0 Å². The molecular weight excluding hydrogens is 271 g/mol. The van der Waals surface area contributed by atoms with E-state index in [0.717, 1.165) is 5.56 Å². The van der Waals surface area contributed by atoms with Crippen molar-refractivity contribution in [1.29, 1.82) is 0 Å². The monoisotopic (exact) mass is 290 g/mol. The lowest BCUT2D eigenvalue weighted by Crippen LogP contribution is -2.36. The van der Waals surface area contributed by atoms with E-state index < -0.39 is 0 Å². The van der Waals surface area contributed by atoms with Gasteiger partial charge < -0.3 is 10.2 Å². The number of likely N-dealkylation sites (tertiary alicyclic amines) is 1. The molecule has 1 fully saturated rings. The summed E-state index contributed by atoms with van der Waals surface area (Å²) in [5.41, 5.74) is 0.878. The molecular formula is C16H19FN2O2. The molecule has 1 saturated heterocycles. The third kappa shape index (κ3) is 4.41. The van der Waals surface area contributed by atoms with Crippen molar-refractivity contribution in [2.45, 2.75) is 31.8 Å². The topological polar surface area (TPSA) is 49.4 Å². The van der Waals surface area contributed by atoms with Gasteiger partial charge in [-0.05, 0) is 24.1 Å². The molecule has 1 aliphatic rings. The van der Waals surface area contributed by atoms with Gasteiger partial charge in [0.25, 0.3) is 0 Å². The largest absolute Gasteiger partial charge is 0.351 e. The summed E-state index contributed by atoms with van der Waals surface area (Å²) < 4.78 is 12.8. The number of nitrogens with zero attached hydrogens (tertiary/aromatic N) is 1. The van der Waals surface area contributed by atoms with E-state index >= 15 is 0 Å². The Hall–Kier alpha value is -2.17. The fourth-order valence-corrected chi connectivity index (χ4v) is 2.36. The Labute approximate surface area is 123 Å². The Morgan fingerprint density at radius 2 is 2.14 bits per heavy atom. The number of carbonyl (C=O) groups is 2. The summed E-state index contributed by atoms with van der Waals surface area (Å²) in [4.78, 5) is 25.3. The molecule has 2 rings (SSSR count). The first-order chi connectivity index (χ1) is 10.1. The molecule has 21 heavy (non-hydrogen) atoms. The molecule has 1 heterocycles. The van der Waals surface area contributed by atoms with E-state index in [4.69, 9.17) is 0 Å². The Balaban J connectivity index is 1.86. The highest BCUT2D eigenvalue weighted by Crippen LogP contribution is 2.15. The van der Waals surface area contributed by atoms with Gasteiger partial charge in [0.2, 0.25) is 11.8 Å². The quantitative estimate of drug-likeness (QED) is 0.815. The van der Waals surface area contributed by atoms with Gasteiger partial charge in [-0.15, -0.1) is 6.58 Å². The molecule has 1 N–H and O–H groups in total. The molecule has 1 atom stereocenters. The summed E-state index contributed by atoms with van der Waals surface area (Å²) >= 11 is 0. The van der Waals surface area contributed by atoms with E-state index in [1.807, 2.05) is 0 Å². The van der Waals surface area contributed by atoms with E-state index in [9.17, 15) is 14.0 Å². The third-order valence-corrected chi connectivity index (χ3v) is 3.44. The number of hydrogen-bond donors (Lipinski definition) is 1. The van der Waals surface area contributed by atoms with Crippen molar-refractivity contribution in [1.82, 2.24) is 10.2 Å². The highest BCUT2D eigenvalue weighted by Gasteiger charge is 2.30. The number of allylic oxidation sites excluding steroid dienone is 1. The van der Waals surface area contributed by atoms with Crippen LogP contribution in [-0.4, -0.2) is 29.3 Å². The average molecular weight is 290 g/mol. The van der Waals surface area contributed by atoms with Gasteiger partial charge in [0, 0.05) is 25.9 Å². The summed E-state index contributed by atoms with van der Waals surface area (Å²) in [5, 5.41) is 2.86. The maximum Gasteiger partial charge on any atom is 0.225 e. The molecule has 0 aromatic heterocycles. The number of benzene rings is 1. The van der Waals surface area contributed by atoms with E-state index in [0.29, 0.717) is 32.4 Å². The molecule has 0 bridgehead atoms. The fourth-order valence-electron chi connectivity index (χ4n) is 2.36. The summed E-state index contributed by atoms with van der Waals surface area (Å²) in [5.74, 6) is -0.344.